The van der Waals surface area contributed by atoms with Gasteiger partial charge in [0.25, 0.3) is 0 Å². The zero-order valence-electron chi connectivity index (χ0n) is 12.3. The molecule has 0 radical (unpaired) electrons. The highest BCUT2D eigenvalue weighted by Gasteiger charge is 2.32. The first-order chi connectivity index (χ1) is 8.76. The number of piperazine rings is 1. The maximum Gasteiger partial charge on any atom is 0.0195 e. The van der Waals surface area contributed by atoms with Crippen LogP contribution in [0.25, 0.3) is 0 Å². The average Bonchev–Trinajstić information content (AvgIpc) is 2.63. The molecule has 0 aromatic carbocycles. The highest BCUT2D eigenvalue weighted by Crippen LogP contribution is 2.28. The molecule has 1 saturated heterocycles. The molecule has 1 heterocycles. The molecule has 0 amide bonds. The highest BCUT2D eigenvalue weighted by atomic mass is 15.3. The van der Waals surface area contributed by atoms with Gasteiger partial charge in [-0.25, -0.2) is 0 Å². The van der Waals surface area contributed by atoms with E-state index in [1.54, 1.807) is 0 Å². The van der Waals surface area contributed by atoms with Gasteiger partial charge in [-0.2, -0.15) is 0 Å². The third-order valence-electron chi connectivity index (χ3n) is 5.09. The van der Waals surface area contributed by atoms with E-state index in [4.69, 9.17) is 5.73 Å². The molecule has 3 atom stereocenters. The van der Waals surface area contributed by atoms with Crippen molar-refractivity contribution < 1.29 is 0 Å². The summed E-state index contributed by atoms with van der Waals surface area (Å²) in [5.41, 5.74) is 6.02. The molecule has 0 spiro atoms. The first-order valence-corrected chi connectivity index (χ1v) is 7.94. The number of nitrogens with two attached hydrogens (primary N) is 1. The Balaban J connectivity index is 1.96. The molecular weight excluding hydrogens is 222 g/mol. The van der Waals surface area contributed by atoms with Crippen molar-refractivity contribution in [2.45, 2.75) is 58.0 Å². The minimum Gasteiger partial charge on any atom is -0.330 e. The molecule has 2 aliphatic rings. The van der Waals surface area contributed by atoms with E-state index in [1.165, 1.54) is 58.3 Å². The van der Waals surface area contributed by atoms with Crippen LogP contribution in [0.1, 0.15) is 46.0 Å². The van der Waals surface area contributed by atoms with Crippen LogP contribution in [0, 0.1) is 5.92 Å². The van der Waals surface area contributed by atoms with Gasteiger partial charge in [0.2, 0.25) is 0 Å². The lowest BCUT2D eigenvalue weighted by Crippen LogP contribution is -2.56. The third kappa shape index (κ3) is 3.25. The normalized spacial score (nSPS) is 36.5. The second kappa shape index (κ2) is 6.88. The Morgan fingerprint density at radius 2 is 1.89 bits per heavy atom. The lowest BCUT2D eigenvalue weighted by atomic mass is 9.92. The van der Waals surface area contributed by atoms with Crippen LogP contribution in [0.3, 0.4) is 0 Å². The van der Waals surface area contributed by atoms with Gasteiger partial charge in [-0.15, -0.1) is 0 Å². The van der Waals surface area contributed by atoms with Crippen LogP contribution in [0.15, 0.2) is 0 Å². The van der Waals surface area contributed by atoms with Crippen LogP contribution in [-0.2, 0) is 0 Å². The quantitative estimate of drug-likeness (QED) is 0.780. The van der Waals surface area contributed by atoms with E-state index in [0.717, 1.165) is 18.5 Å². The predicted octanol–water partition coefficient (Wildman–Crippen LogP) is 1.92. The Labute approximate surface area is 113 Å². The van der Waals surface area contributed by atoms with Gasteiger partial charge in [-0.1, -0.05) is 26.2 Å². The summed E-state index contributed by atoms with van der Waals surface area (Å²) in [5, 5.41) is 0. The highest BCUT2D eigenvalue weighted by molar-refractivity contribution is 4.88. The molecule has 1 aliphatic heterocycles. The van der Waals surface area contributed by atoms with Crippen molar-refractivity contribution in [2.75, 3.05) is 32.7 Å². The summed E-state index contributed by atoms with van der Waals surface area (Å²) in [6.45, 7) is 10.5. The standard InChI is InChI=1S/C15H31N3/c1-3-17-9-10-18(12-13(17)2)15-8-6-4-5-7-14(15)11-16/h13-15H,3-12,16H2,1-2H3. The summed E-state index contributed by atoms with van der Waals surface area (Å²) in [7, 11) is 0. The van der Waals surface area contributed by atoms with Gasteiger partial charge < -0.3 is 5.73 Å². The molecular formula is C15H31N3. The fourth-order valence-corrected chi connectivity index (χ4v) is 3.91. The first-order valence-electron chi connectivity index (χ1n) is 7.94. The molecule has 3 unspecified atom stereocenters. The molecule has 0 bridgehead atoms. The predicted molar refractivity (Wildman–Crippen MR) is 77.7 cm³/mol. The van der Waals surface area contributed by atoms with E-state index >= 15 is 0 Å². The maximum absolute atomic E-state index is 6.02. The second-order valence-corrected chi connectivity index (χ2v) is 6.17. The maximum atomic E-state index is 6.02. The van der Waals surface area contributed by atoms with Crippen molar-refractivity contribution in [2.24, 2.45) is 11.7 Å². The van der Waals surface area contributed by atoms with E-state index in [1.807, 2.05) is 0 Å². The van der Waals surface area contributed by atoms with E-state index in [0.29, 0.717) is 6.04 Å². The van der Waals surface area contributed by atoms with E-state index in [2.05, 4.69) is 23.6 Å². The Kier molecular flexibility index (Phi) is 5.46. The van der Waals surface area contributed by atoms with Gasteiger partial charge in [-0.3, -0.25) is 9.80 Å². The molecule has 2 rings (SSSR count). The average molecular weight is 253 g/mol. The van der Waals surface area contributed by atoms with Crippen LogP contribution in [-0.4, -0.2) is 54.6 Å². The Morgan fingerprint density at radius 1 is 1.11 bits per heavy atom. The molecule has 3 nitrogen and oxygen atoms in total. The van der Waals surface area contributed by atoms with E-state index in [9.17, 15) is 0 Å². The van der Waals surface area contributed by atoms with Gasteiger partial charge in [0.1, 0.15) is 0 Å². The van der Waals surface area contributed by atoms with Gasteiger partial charge in [0, 0.05) is 31.7 Å². The second-order valence-electron chi connectivity index (χ2n) is 6.17. The van der Waals surface area contributed by atoms with Gasteiger partial charge >= 0.3 is 0 Å². The number of likely N-dealkylation sites (N-methyl/N-ethyl adjacent to an activating group) is 1. The number of hydrogen-bond donors (Lipinski definition) is 1. The SMILES string of the molecule is CCN1CCN(C2CCCCCC2CN)CC1C. The van der Waals surface area contributed by atoms with Crippen molar-refractivity contribution in [3.05, 3.63) is 0 Å². The Hall–Kier alpha value is -0.120. The molecule has 1 saturated carbocycles. The summed E-state index contributed by atoms with van der Waals surface area (Å²) >= 11 is 0. The van der Waals surface area contributed by atoms with E-state index < -0.39 is 0 Å². The molecule has 3 heteroatoms. The third-order valence-corrected chi connectivity index (χ3v) is 5.09. The van der Waals surface area contributed by atoms with Crippen molar-refractivity contribution in [3.8, 4) is 0 Å². The summed E-state index contributed by atoms with van der Waals surface area (Å²) < 4.78 is 0. The molecule has 18 heavy (non-hydrogen) atoms. The Bertz CT molecular complexity index is 244. The van der Waals surface area contributed by atoms with Crippen LogP contribution in [0.2, 0.25) is 0 Å². The molecule has 106 valence electrons. The van der Waals surface area contributed by atoms with Crippen LogP contribution >= 0.6 is 0 Å². The van der Waals surface area contributed by atoms with Crippen LogP contribution in [0.5, 0.6) is 0 Å². The monoisotopic (exact) mass is 253 g/mol. The molecule has 2 fully saturated rings. The number of rotatable bonds is 3. The van der Waals surface area contributed by atoms with Gasteiger partial charge in [0.05, 0.1) is 0 Å². The summed E-state index contributed by atoms with van der Waals surface area (Å²) in [6.07, 6.45) is 6.94. The largest absolute Gasteiger partial charge is 0.330 e. The smallest absolute Gasteiger partial charge is 0.0195 e. The van der Waals surface area contributed by atoms with E-state index in [-0.39, 0.29) is 0 Å². The lowest BCUT2D eigenvalue weighted by Gasteiger charge is -2.45. The van der Waals surface area contributed by atoms with Gasteiger partial charge in [-0.05, 0) is 38.8 Å². The summed E-state index contributed by atoms with van der Waals surface area (Å²) in [6, 6.07) is 1.48. The molecule has 2 N–H and O–H groups in total. The van der Waals surface area contributed by atoms with Crippen molar-refractivity contribution >= 4 is 0 Å². The van der Waals surface area contributed by atoms with Crippen LogP contribution in [0.4, 0.5) is 0 Å². The zero-order valence-corrected chi connectivity index (χ0v) is 12.3. The summed E-state index contributed by atoms with van der Waals surface area (Å²) in [5.74, 6) is 0.743. The molecule has 1 aliphatic carbocycles. The number of nitrogens with zero attached hydrogens (tertiary/aromatic N) is 2. The zero-order chi connectivity index (χ0) is 13.0. The fourth-order valence-electron chi connectivity index (χ4n) is 3.91. The lowest BCUT2D eigenvalue weighted by molar-refractivity contribution is 0.0369. The minimum atomic E-state index is 0.713. The van der Waals surface area contributed by atoms with Crippen LogP contribution < -0.4 is 5.73 Å². The Morgan fingerprint density at radius 3 is 2.56 bits per heavy atom. The van der Waals surface area contributed by atoms with Crippen molar-refractivity contribution in [1.82, 2.24) is 9.80 Å². The summed E-state index contributed by atoms with van der Waals surface area (Å²) in [4.78, 5) is 5.35. The topological polar surface area (TPSA) is 32.5 Å². The first kappa shape index (κ1) is 14.3. The van der Waals surface area contributed by atoms with Crippen molar-refractivity contribution in [3.63, 3.8) is 0 Å². The fraction of sp³-hybridized carbons (Fsp3) is 1.00. The van der Waals surface area contributed by atoms with Crippen molar-refractivity contribution in [1.29, 1.82) is 0 Å². The number of hydrogen-bond acceptors (Lipinski definition) is 3. The molecule has 0 aromatic rings. The van der Waals surface area contributed by atoms with Gasteiger partial charge in [0.15, 0.2) is 0 Å². The molecule has 0 aromatic heterocycles. The minimum absolute atomic E-state index is 0.713.